The maximum atomic E-state index is 6.05. The molecule has 112 valence electrons. The summed E-state index contributed by atoms with van der Waals surface area (Å²) in [4.78, 5) is 7.04. The Bertz CT molecular complexity index is 573. The third kappa shape index (κ3) is 3.56. The van der Waals surface area contributed by atoms with Crippen molar-refractivity contribution in [3.63, 3.8) is 0 Å². The lowest BCUT2D eigenvalue weighted by Crippen LogP contribution is -2.37. The van der Waals surface area contributed by atoms with Crippen molar-refractivity contribution in [2.24, 2.45) is 0 Å². The molecule has 0 aliphatic heterocycles. The first-order valence-electron chi connectivity index (χ1n) is 8.01. The van der Waals surface area contributed by atoms with Gasteiger partial charge < -0.3 is 0 Å². The van der Waals surface area contributed by atoms with E-state index in [9.17, 15) is 0 Å². The predicted octanol–water partition coefficient (Wildman–Crippen LogP) is 4.61. The first-order valence-corrected chi connectivity index (χ1v) is 8.54. The van der Waals surface area contributed by atoms with Gasteiger partial charge in [-0.3, -0.25) is 9.88 Å². The van der Waals surface area contributed by atoms with Crippen molar-refractivity contribution in [2.45, 2.75) is 44.7 Å². The molecule has 0 atom stereocenters. The molecule has 0 N–H and O–H groups in total. The minimum Gasteiger partial charge on any atom is -0.295 e. The standard InChI is InChI=1S/C18H23ClN2/c19-11-13-21(16-6-2-1-3-7-16)14-15-10-12-20-18-9-5-4-8-17(15)18/h4-5,8-10,12,16H,1-3,6-7,11,13-14H2. The lowest BCUT2D eigenvalue weighted by Gasteiger charge is -2.34. The molecule has 3 heteroatoms. The highest BCUT2D eigenvalue weighted by molar-refractivity contribution is 6.18. The fraction of sp³-hybridized carbons (Fsp3) is 0.500. The summed E-state index contributed by atoms with van der Waals surface area (Å²) in [6.07, 6.45) is 8.68. The summed E-state index contributed by atoms with van der Waals surface area (Å²) in [6, 6.07) is 11.3. The van der Waals surface area contributed by atoms with E-state index in [0.717, 1.165) is 18.6 Å². The summed E-state index contributed by atoms with van der Waals surface area (Å²) in [7, 11) is 0. The van der Waals surface area contributed by atoms with Gasteiger partial charge in [-0.2, -0.15) is 0 Å². The Morgan fingerprint density at radius 3 is 2.71 bits per heavy atom. The second-order valence-corrected chi connectivity index (χ2v) is 6.32. The minimum atomic E-state index is 0.699. The highest BCUT2D eigenvalue weighted by Crippen LogP contribution is 2.25. The molecule has 3 rings (SSSR count). The number of pyridine rings is 1. The van der Waals surface area contributed by atoms with Gasteiger partial charge in [0.1, 0.15) is 0 Å². The second-order valence-electron chi connectivity index (χ2n) is 5.94. The number of rotatable bonds is 5. The predicted molar refractivity (Wildman–Crippen MR) is 89.7 cm³/mol. The molecule has 0 radical (unpaired) electrons. The van der Waals surface area contributed by atoms with Gasteiger partial charge in [-0.1, -0.05) is 37.5 Å². The minimum absolute atomic E-state index is 0.699. The van der Waals surface area contributed by atoms with E-state index in [-0.39, 0.29) is 0 Å². The topological polar surface area (TPSA) is 16.1 Å². The van der Waals surface area contributed by atoms with Crippen LogP contribution in [0.25, 0.3) is 10.9 Å². The lowest BCUT2D eigenvalue weighted by molar-refractivity contribution is 0.157. The fourth-order valence-corrected chi connectivity index (χ4v) is 3.67. The fourth-order valence-electron chi connectivity index (χ4n) is 3.46. The molecular weight excluding hydrogens is 280 g/mol. The van der Waals surface area contributed by atoms with E-state index in [1.54, 1.807) is 0 Å². The van der Waals surface area contributed by atoms with Crippen LogP contribution in [0.5, 0.6) is 0 Å². The van der Waals surface area contributed by atoms with E-state index in [1.165, 1.54) is 43.1 Å². The molecule has 0 unspecified atom stereocenters. The van der Waals surface area contributed by atoms with Gasteiger partial charge in [0.25, 0.3) is 0 Å². The summed E-state index contributed by atoms with van der Waals surface area (Å²) in [5.74, 6) is 0.708. The third-order valence-electron chi connectivity index (χ3n) is 4.58. The Morgan fingerprint density at radius 2 is 1.90 bits per heavy atom. The van der Waals surface area contributed by atoms with Gasteiger partial charge in [0.15, 0.2) is 0 Å². The zero-order valence-corrected chi connectivity index (χ0v) is 13.2. The quantitative estimate of drug-likeness (QED) is 0.750. The zero-order valence-electron chi connectivity index (χ0n) is 12.5. The third-order valence-corrected chi connectivity index (χ3v) is 4.74. The number of halogens is 1. The van der Waals surface area contributed by atoms with Crippen LogP contribution in [0.15, 0.2) is 36.5 Å². The van der Waals surface area contributed by atoms with Crippen LogP contribution in [0.2, 0.25) is 0 Å². The van der Waals surface area contributed by atoms with Crippen LogP contribution >= 0.6 is 11.6 Å². The zero-order chi connectivity index (χ0) is 14.5. The van der Waals surface area contributed by atoms with Gasteiger partial charge in [0, 0.05) is 36.6 Å². The summed E-state index contributed by atoms with van der Waals surface area (Å²) < 4.78 is 0. The summed E-state index contributed by atoms with van der Waals surface area (Å²) >= 11 is 6.05. The molecule has 2 aromatic rings. The molecule has 1 aliphatic carbocycles. The van der Waals surface area contributed by atoms with Crippen LogP contribution in [-0.4, -0.2) is 28.4 Å². The molecule has 0 saturated heterocycles. The largest absolute Gasteiger partial charge is 0.295 e. The van der Waals surface area contributed by atoms with Crippen molar-refractivity contribution in [1.29, 1.82) is 0 Å². The first-order chi connectivity index (χ1) is 10.4. The van der Waals surface area contributed by atoms with Crippen molar-refractivity contribution < 1.29 is 0 Å². The number of para-hydroxylation sites is 1. The molecule has 2 nitrogen and oxygen atoms in total. The number of nitrogens with zero attached hydrogens (tertiary/aromatic N) is 2. The van der Waals surface area contributed by atoms with E-state index in [1.807, 2.05) is 6.20 Å². The molecule has 21 heavy (non-hydrogen) atoms. The van der Waals surface area contributed by atoms with Crippen LogP contribution in [0.3, 0.4) is 0 Å². The highest BCUT2D eigenvalue weighted by Gasteiger charge is 2.21. The number of fused-ring (bicyclic) bond motifs is 1. The summed E-state index contributed by atoms with van der Waals surface area (Å²) in [6.45, 7) is 1.96. The van der Waals surface area contributed by atoms with E-state index >= 15 is 0 Å². The smallest absolute Gasteiger partial charge is 0.0705 e. The van der Waals surface area contributed by atoms with Crippen molar-refractivity contribution in [2.75, 3.05) is 12.4 Å². The molecular formula is C18H23ClN2. The first kappa shape index (κ1) is 14.8. The Morgan fingerprint density at radius 1 is 1.10 bits per heavy atom. The normalized spacial score (nSPS) is 16.7. The maximum Gasteiger partial charge on any atom is 0.0705 e. The maximum absolute atomic E-state index is 6.05. The Kier molecular flexibility index (Phi) is 5.10. The van der Waals surface area contributed by atoms with Crippen molar-refractivity contribution in [1.82, 2.24) is 9.88 Å². The number of hydrogen-bond donors (Lipinski definition) is 0. The number of aromatic nitrogens is 1. The Labute approximate surface area is 132 Å². The molecule has 1 aromatic heterocycles. The number of alkyl halides is 1. The average Bonchev–Trinajstić information content (AvgIpc) is 2.55. The van der Waals surface area contributed by atoms with Crippen molar-refractivity contribution in [3.05, 3.63) is 42.1 Å². The number of hydrogen-bond acceptors (Lipinski definition) is 2. The summed E-state index contributed by atoms with van der Waals surface area (Å²) in [5, 5.41) is 1.27. The van der Waals surface area contributed by atoms with Crippen LogP contribution in [0, 0.1) is 0 Å². The summed E-state index contributed by atoms with van der Waals surface area (Å²) in [5.41, 5.74) is 2.46. The van der Waals surface area contributed by atoms with E-state index in [4.69, 9.17) is 11.6 Å². The molecule has 1 saturated carbocycles. The molecule has 1 aromatic carbocycles. The van der Waals surface area contributed by atoms with Crippen molar-refractivity contribution in [3.8, 4) is 0 Å². The molecule has 1 aliphatic rings. The molecule has 0 spiro atoms. The van der Waals surface area contributed by atoms with E-state index < -0.39 is 0 Å². The molecule has 0 bridgehead atoms. The van der Waals surface area contributed by atoms with Crippen LogP contribution < -0.4 is 0 Å². The lowest BCUT2D eigenvalue weighted by atomic mass is 9.93. The van der Waals surface area contributed by atoms with Gasteiger partial charge in [-0.15, -0.1) is 11.6 Å². The molecule has 1 heterocycles. The van der Waals surface area contributed by atoms with Crippen LogP contribution in [0.1, 0.15) is 37.7 Å². The van der Waals surface area contributed by atoms with E-state index in [2.05, 4.69) is 40.2 Å². The van der Waals surface area contributed by atoms with Gasteiger partial charge in [-0.25, -0.2) is 0 Å². The van der Waals surface area contributed by atoms with Gasteiger partial charge >= 0.3 is 0 Å². The Balaban J connectivity index is 1.83. The van der Waals surface area contributed by atoms with Crippen LogP contribution in [-0.2, 0) is 6.54 Å². The molecule has 0 amide bonds. The van der Waals surface area contributed by atoms with Gasteiger partial charge in [0.2, 0.25) is 0 Å². The molecule has 1 fully saturated rings. The monoisotopic (exact) mass is 302 g/mol. The Hall–Kier alpha value is -1.12. The van der Waals surface area contributed by atoms with Gasteiger partial charge in [-0.05, 0) is 30.5 Å². The number of benzene rings is 1. The van der Waals surface area contributed by atoms with Crippen molar-refractivity contribution >= 4 is 22.5 Å². The second kappa shape index (κ2) is 7.24. The van der Waals surface area contributed by atoms with Gasteiger partial charge in [0.05, 0.1) is 5.52 Å². The average molecular weight is 303 g/mol. The van der Waals surface area contributed by atoms with E-state index in [0.29, 0.717) is 11.9 Å². The SMILES string of the molecule is ClCCN(Cc1ccnc2ccccc12)C1CCCCC1. The highest BCUT2D eigenvalue weighted by atomic mass is 35.5. The van der Waals surface area contributed by atoms with Crippen LogP contribution in [0.4, 0.5) is 0 Å².